The first-order chi connectivity index (χ1) is 9.04. The van der Waals surface area contributed by atoms with Crippen LogP contribution in [-0.4, -0.2) is 25.7 Å². The zero-order valence-corrected chi connectivity index (χ0v) is 11.4. The van der Waals surface area contributed by atoms with Gasteiger partial charge in [0.2, 0.25) is 5.91 Å². The Bertz CT molecular complexity index is 656. The highest BCUT2D eigenvalue weighted by atomic mass is 35.5. The molecule has 0 aliphatic rings. The van der Waals surface area contributed by atoms with Gasteiger partial charge >= 0.3 is 0 Å². The fourth-order valence-corrected chi connectivity index (χ4v) is 2.14. The number of anilines is 1. The number of nitrogens with one attached hydrogen (secondary N) is 1. The van der Waals surface area contributed by atoms with Crippen molar-refractivity contribution in [1.82, 2.24) is 8.75 Å². The molecule has 9 heteroatoms. The average molecular weight is 300 g/mol. The first-order valence-electron chi connectivity index (χ1n) is 5.23. The van der Waals surface area contributed by atoms with Gasteiger partial charge in [0.05, 0.1) is 28.4 Å². The molecular weight excluding hydrogens is 290 g/mol. The number of halogens is 1. The van der Waals surface area contributed by atoms with Gasteiger partial charge < -0.3 is 16.3 Å². The summed E-state index contributed by atoms with van der Waals surface area (Å²) >= 11 is 7.06. The van der Waals surface area contributed by atoms with Crippen molar-refractivity contribution in [3.63, 3.8) is 0 Å². The number of carbonyl (C=O) groups excluding carboxylic acids is 1. The fraction of sp³-hybridized carbons (Fsp3) is 0.200. The van der Waals surface area contributed by atoms with Gasteiger partial charge in [0.15, 0.2) is 5.84 Å². The van der Waals surface area contributed by atoms with Gasteiger partial charge in [-0.1, -0.05) is 16.8 Å². The molecule has 1 amide bonds. The number of amidine groups is 1. The van der Waals surface area contributed by atoms with E-state index < -0.39 is 11.8 Å². The van der Waals surface area contributed by atoms with Crippen molar-refractivity contribution in [3.8, 4) is 0 Å². The number of carbonyl (C=O) groups is 1. The highest BCUT2D eigenvalue weighted by Crippen LogP contribution is 2.30. The summed E-state index contributed by atoms with van der Waals surface area (Å²) in [4.78, 5) is 11.9. The standard InChI is InChI=1S/C10H10ClN5O2S/c1-4(9(12)14-18)10(17)13-7-5(11)2-3-6-8(7)16-19-15-6/h2-4,18H,1H3,(H2,12,14)(H,13,17). The van der Waals surface area contributed by atoms with Crippen LogP contribution in [0.3, 0.4) is 0 Å². The number of nitrogens with zero attached hydrogens (tertiary/aromatic N) is 3. The van der Waals surface area contributed by atoms with E-state index in [1.165, 1.54) is 6.92 Å². The van der Waals surface area contributed by atoms with E-state index in [0.29, 0.717) is 21.7 Å². The summed E-state index contributed by atoms with van der Waals surface area (Å²) in [6, 6.07) is 3.33. The summed E-state index contributed by atoms with van der Waals surface area (Å²) in [5.74, 6) is -1.42. The SMILES string of the molecule is CC(C(=O)Nc1c(Cl)ccc2nsnc12)C(N)=NO. The van der Waals surface area contributed by atoms with Crippen LogP contribution in [0.25, 0.3) is 11.0 Å². The summed E-state index contributed by atoms with van der Waals surface area (Å²) in [5, 5.41) is 14.3. The van der Waals surface area contributed by atoms with Crippen LogP contribution in [0, 0.1) is 5.92 Å². The number of hydrogen-bond acceptors (Lipinski definition) is 6. The molecule has 1 heterocycles. The van der Waals surface area contributed by atoms with Gasteiger partial charge in [-0.2, -0.15) is 8.75 Å². The second-order valence-electron chi connectivity index (χ2n) is 3.79. The van der Waals surface area contributed by atoms with Gasteiger partial charge in [0.25, 0.3) is 0 Å². The van der Waals surface area contributed by atoms with Crippen LogP contribution in [0.4, 0.5) is 5.69 Å². The van der Waals surface area contributed by atoms with Crippen LogP contribution in [0.5, 0.6) is 0 Å². The summed E-state index contributed by atoms with van der Waals surface area (Å²) < 4.78 is 8.13. The van der Waals surface area contributed by atoms with E-state index in [2.05, 4.69) is 19.2 Å². The Morgan fingerprint density at radius 3 is 3.00 bits per heavy atom. The maximum atomic E-state index is 11.9. The molecule has 1 unspecified atom stereocenters. The molecule has 1 aromatic heterocycles. The third-order valence-electron chi connectivity index (χ3n) is 2.58. The first-order valence-corrected chi connectivity index (χ1v) is 6.34. The topological polar surface area (TPSA) is 113 Å². The van der Waals surface area contributed by atoms with Crippen LogP contribution < -0.4 is 11.1 Å². The molecule has 0 radical (unpaired) electrons. The molecular formula is C10H10ClN5O2S. The summed E-state index contributed by atoms with van der Waals surface area (Å²) in [5.41, 5.74) is 6.90. The number of nitrogens with two attached hydrogens (primary N) is 1. The minimum Gasteiger partial charge on any atom is -0.409 e. The summed E-state index contributed by atoms with van der Waals surface area (Å²) in [6.45, 7) is 1.51. The normalized spacial score (nSPS) is 13.5. The van der Waals surface area contributed by atoms with Crippen molar-refractivity contribution in [2.45, 2.75) is 6.92 Å². The maximum Gasteiger partial charge on any atom is 0.235 e. The Kier molecular flexibility index (Phi) is 3.82. The molecule has 7 nitrogen and oxygen atoms in total. The third kappa shape index (κ3) is 2.59. The van der Waals surface area contributed by atoms with Crippen LogP contribution in [0.15, 0.2) is 17.3 Å². The molecule has 0 saturated carbocycles. The molecule has 19 heavy (non-hydrogen) atoms. The minimum atomic E-state index is -0.789. The average Bonchev–Trinajstić information content (AvgIpc) is 2.88. The van der Waals surface area contributed by atoms with Crippen LogP contribution in [-0.2, 0) is 4.79 Å². The molecule has 4 N–H and O–H groups in total. The Labute approximate surface area is 117 Å². The zero-order chi connectivity index (χ0) is 14.0. The van der Waals surface area contributed by atoms with Crippen molar-refractivity contribution in [2.75, 3.05) is 5.32 Å². The van der Waals surface area contributed by atoms with Crippen molar-refractivity contribution in [2.24, 2.45) is 16.8 Å². The van der Waals surface area contributed by atoms with Gasteiger partial charge in [-0.25, -0.2) is 0 Å². The van der Waals surface area contributed by atoms with Crippen molar-refractivity contribution in [3.05, 3.63) is 17.2 Å². The molecule has 0 saturated heterocycles. The number of rotatable bonds is 3. The second-order valence-corrected chi connectivity index (χ2v) is 4.73. The molecule has 2 rings (SSSR count). The van der Waals surface area contributed by atoms with Gasteiger partial charge in [-0.15, -0.1) is 0 Å². The highest BCUT2D eigenvalue weighted by molar-refractivity contribution is 7.00. The van der Waals surface area contributed by atoms with Crippen LogP contribution in [0.1, 0.15) is 6.92 Å². The van der Waals surface area contributed by atoms with Crippen molar-refractivity contribution >= 4 is 51.8 Å². The lowest BCUT2D eigenvalue weighted by Crippen LogP contribution is -2.32. The first kappa shape index (κ1) is 13.5. The Balaban J connectivity index is 2.33. The van der Waals surface area contributed by atoms with E-state index >= 15 is 0 Å². The number of hydrogen-bond donors (Lipinski definition) is 3. The monoisotopic (exact) mass is 299 g/mol. The predicted octanol–water partition coefficient (Wildman–Crippen LogP) is 1.67. The van der Waals surface area contributed by atoms with Crippen molar-refractivity contribution in [1.29, 1.82) is 0 Å². The lowest BCUT2D eigenvalue weighted by Gasteiger charge is -2.11. The third-order valence-corrected chi connectivity index (χ3v) is 3.44. The van der Waals surface area contributed by atoms with Gasteiger partial charge in [-0.05, 0) is 19.1 Å². The lowest BCUT2D eigenvalue weighted by molar-refractivity contribution is -0.117. The summed E-state index contributed by atoms with van der Waals surface area (Å²) in [6.07, 6.45) is 0. The molecule has 0 spiro atoms. The zero-order valence-electron chi connectivity index (χ0n) is 9.79. The van der Waals surface area contributed by atoms with Gasteiger partial charge in [0, 0.05) is 0 Å². The van der Waals surface area contributed by atoms with E-state index in [1.807, 2.05) is 0 Å². The number of benzene rings is 1. The van der Waals surface area contributed by atoms with Gasteiger partial charge in [0.1, 0.15) is 11.0 Å². The second kappa shape index (κ2) is 5.37. The number of aromatic nitrogens is 2. The molecule has 0 bridgehead atoms. The van der Waals surface area contributed by atoms with Crippen LogP contribution in [0.2, 0.25) is 5.02 Å². The Morgan fingerprint density at radius 1 is 1.58 bits per heavy atom. The number of fused-ring (bicyclic) bond motifs is 1. The molecule has 1 atom stereocenters. The quantitative estimate of drug-likeness (QED) is 0.345. The van der Waals surface area contributed by atoms with E-state index in [4.69, 9.17) is 22.5 Å². The molecule has 0 fully saturated rings. The molecule has 1 aromatic carbocycles. The Hall–Kier alpha value is -1.93. The van der Waals surface area contributed by atoms with E-state index in [-0.39, 0.29) is 5.84 Å². The summed E-state index contributed by atoms with van der Waals surface area (Å²) in [7, 11) is 0. The highest BCUT2D eigenvalue weighted by Gasteiger charge is 2.20. The fourth-order valence-electron chi connectivity index (χ4n) is 1.40. The lowest BCUT2D eigenvalue weighted by atomic mass is 10.1. The van der Waals surface area contributed by atoms with Crippen LogP contribution >= 0.6 is 23.3 Å². The Morgan fingerprint density at radius 2 is 2.32 bits per heavy atom. The van der Waals surface area contributed by atoms with E-state index in [9.17, 15) is 4.79 Å². The smallest absolute Gasteiger partial charge is 0.235 e. The van der Waals surface area contributed by atoms with E-state index in [0.717, 1.165) is 11.7 Å². The molecule has 0 aliphatic carbocycles. The minimum absolute atomic E-state index is 0.183. The molecule has 0 aliphatic heterocycles. The number of oxime groups is 1. The van der Waals surface area contributed by atoms with E-state index in [1.54, 1.807) is 12.1 Å². The van der Waals surface area contributed by atoms with Crippen molar-refractivity contribution < 1.29 is 10.0 Å². The predicted molar refractivity (Wildman–Crippen MR) is 73.6 cm³/mol. The maximum absolute atomic E-state index is 11.9. The number of amides is 1. The largest absolute Gasteiger partial charge is 0.409 e. The van der Waals surface area contributed by atoms with Gasteiger partial charge in [-0.3, -0.25) is 4.79 Å². The molecule has 100 valence electrons. The molecule has 2 aromatic rings.